The number of benzene rings is 2. The lowest BCUT2D eigenvalue weighted by Crippen LogP contribution is -2.41. The van der Waals surface area contributed by atoms with Crippen molar-refractivity contribution in [1.82, 2.24) is 10.3 Å². The van der Waals surface area contributed by atoms with Crippen molar-refractivity contribution in [2.45, 2.75) is 21.7 Å². The van der Waals surface area contributed by atoms with E-state index in [0.717, 1.165) is 14.2 Å². The average Bonchev–Trinajstić information content (AvgIpc) is 2.86. The van der Waals surface area contributed by atoms with E-state index in [9.17, 15) is 13.2 Å². The minimum atomic E-state index is -3.97. The van der Waals surface area contributed by atoms with Crippen molar-refractivity contribution in [2.75, 3.05) is 36.0 Å². The number of carbonyl (C=O) groups is 1. The summed E-state index contributed by atoms with van der Waals surface area (Å²) < 4.78 is 33.6. The molecule has 0 aliphatic rings. The van der Waals surface area contributed by atoms with Gasteiger partial charge in [-0.3, -0.25) is 9.10 Å². The van der Waals surface area contributed by atoms with Crippen LogP contribution in [-0.2, 0) is 14.8 Å². The predicted molar refractivity (Wildman–Crippen MR) is 138 cm³/mol. The molecule has 0 aliphatic heterocycles. The van der Waals surface area contributed by atoms with Gasteiger partial charge >= 0.3 is 0 Å². The standard InChI is InChI=1S/C24H27N3O4S3/c1-3-31-20-9-7-19(8-10-20)27(34(29,30)22-13-11-21(32-2)12-14-22)18-23(28)25-16-17-33-24-6-4-5-15-26-24/h4-15H,3,16-18H2,1-2H3,(H,25,28). The molecule has 7 nitrogen and oxygen atoms in total. The van der Waals surface area contributed by atoms with Crippen molar-refractivity contribution in [3.63, 3.8) is 0 Å². The van der Waals surface area contributed by atoms with Gasteiger partial charge in [-0.15, -0.1) is 23.5 Å². The maximum Gasteiger partial charge on any atom is 0.264 e. The molecule has 0 aliphatic carbocycles. The van der Waals surface area contributed by atoms with Crippen molar-refractivity contribution in [1.29, 1.82) is 0 Å². The number of carbonyl (C=O) groups excluding carboxylic acids is 1. The Morgan fingerprint density at radius 1 is 1.06 bits per heavy atom. The summed E-state index contributed by atoms with van der Waals surface area (Å²) in [5.74, 6) is 0.859. The lowest BCUT2D eigenvalue weighted by Gasteiger charge is -2.24. The van der Waals surface area contributed by atoms with Gasteiger partial charge in [0.2, 0.25) is 5.91 Å². The highest BCUT2D eigenvalue weighted by molar-refractivity contribution is 7.99. The Morgan fingerprint density at radius 2 is 1.79 bits per heavy atom. The fourth-order valence-electron chi connectivity index (χ4n) is 3.03. The van der Waals surface area contributed by atoms with Gasteiger partial charge in [-0.05, 0) is 73.8 Å². The number of rotatable bonds is 12. The number of thioether (sulfide) groups is 2. The first-order chi connectivity index (χ1) is 16.4. The summed E-state index contributed by atoms with van der Waals surface area (Å²) >= 11 is 3.04. The van der Waals surface area contributed by atoms with Gasteiger partial charge in [0, 0.05) is 23.4 Å². The molecule has 0 saturated carbocycles. The molecule has 0 spiro atoms. The third-order valence-corrected chi connectivity index (χ3v) is 8.16. The van der Waals surface area contributed by atoms with Gasteiger partial charge in [0.25, 0.3) is 10.0 Å². The Kier molecular flexibility index (Phi) is 9.67. The second-order valence-corrected chi connectivity index (χ2v) is 10.8. The molecule has 3 aromatic rings. The molecule has 2 aromatic carbocycles. The highest BCUT2D eigenvalue weighted by atomic mass is 32.2. The van der Waals surface area contributed by atoms with E-state index >= 15 is 0 Å². The van der Waals surface area contributed by atoms with E-state index in [1.807, 2.05) is 31.4 Å². The largest absolute Gasteiger partial charge is 0.494 e. The molecule has 1 amide bonds. The lowest BCUT2D eigenvalue weighted by molar-refractivity contribution is -0.119. The number of hydrogen-bond donors (Lipinski definition) is 1. The molecule has 1 aromatic heterocycles. The van der Waals surface area contributed by atoms with Gasteiger partial charge in [0.1, 0.15) is 12.3 Å². The molecule has 0 atom stereocenters. The second-order valence-electron chi connectivity index (χ2n) is 6.98. The number of ether oxygens (including phenoxy) is 1. The molecule has 0 radical (unpaired) electrons. The topological polar surface area (TPSA) is 88.6 Å². The number of nitrogens with one attached hydrogen (secondary N) is 1. The van der Waals surface area contributed by atoms with Gasteiger partial charge in [0.05, 0.1) is 22.2 Å². The van der Waals surface area contributed by atoms with Crippen LogP contribution in [0.3, 0.4) is 0 Å². The van der Waals surface area contributed by atoms with E-state index < -0.39 is 10.0 Å². The Balaban J connectivity index is 1.74. The maximum absolute atomic E-state index is 13.5. The number of hydrogen-bond acceptors (Lipinski definition) is 7. The van der Waals surface area contributed by atoms with Gasteiger partial charge in [-0.1, -0.05) is 6.07 Å². The van der Waals surface area contributed by atoms with Crippen LogP contribution in [0.25, 0.3) is 0 Å². The van der Waals surface area contributed by atoms with Crippen molar-refractivity contribution in [3.8, 4) is 5.75 Å². The third-order valence-electron chi connectivity index (χ3n) is 4.68. The Bertz CT molecular complexity index is 1160. The molecule has 10 heteroatoms. The number of nitrogens with zero attached hydrogens (tertiary/aromatic N) is 2. The summed E-state index contributed by atoms with van der Waals surface area (Å²) in [6, 6.07) is 18.9. The van der Waals surface area contributed by atoms with Crippen LogP contribution in [-0.4, -0.2) is 51.0 Å². The first-order valence-electron chi connectivity index (χ1n) is 10.6. The molecular weight excluding hydrogens is 490 g/mol. The van der Waals surface area contributed by atoms with Crippen LogP contribution >= 0.6 is 23.5 Å². The van der Waals surface area contributed by atoms with Crippen LogP contribution in [0, 0.1) is 0 Å². The highest BCUT2D eigenvalue weighted by Gasteiger charge is 2.27. The third kappa shape index (κ3) is 7.15. The normalized spacial score (nSPS) is 11.1. The molecular formula is C24H27N3O4S3. The zero-order chi connectivity index (χ0) is 24.4. The van der Waals surface area contributed by atoms with E-state index in [0.29, 0.717) is 30.3 Å². The Morgan fingerprint density at radius 3 is 2.41 bits per heavy atom. The molecule has 0 bridgehead atoms. The van der Waals surface area contributed by atoms with Crippen LogP contribution in [0.1, 0.15) is 6.92 Å². The van der Waals surface area contributed by atoms with Crippen molar-refractivity contribution in [3.05, 3.63) is 72.9 Å². The number of sulfonamides is 1. The van der Waals surface area contributed by atoms with Crippen LogP contribution < -0.4 is 14.4 Å². The van der Waals surface area contributed by atoms with Crippen molar-refractivity contribution in [2.24, 2.45) is 0 Å². The summed E-state index contributed by atoms with van der Waals surface area (Å²) in [4.78, 5) is 18.0. The molecule has 0 unspecified atom stereocenters. The van der Waals surface area contributed by atoms with E-state index in [1.54, 1.807) is 54.7 Å². The van der Waals surface area contributed by atoms with Gasteiger partial charge in [-0.25, -0.2) is 13.4 Å². The zero-order valence-corrected chi connectivity index (χ0v) is 21.5. The Labute approximate surface area is 209 Å². The van der Waals surface area contributed by atoms with Gasteiger partial charge in [0.15, 0.2) is 0 Å². The van der Waals surface area contributed by atoms with E-state index in [4.69, 9.17) is 4.74 Å². The lowest BCUT2D eigenvalue weighted by atomic mass is 10.3. The fraction of sp³-hybridized carbons (Fsp3) is 0.250. The summed E-state index contributed by atoms with van der Waals surface area (Å²) in [7, 11) is -3.97. The van der Waals surface area contributed by atoms with Gasteiger partial charge in [-0.2, -0.15) is 0 Å². The number of anilines is 1. The van der Waals surface area contributed by atoms with Crippen molar-refractivity contribution < 1.29 is 17.9 Å². The average molecular weight is 518 g/mol. The van der Waals surface area contributed by atoms with E-state index in [1.165, 1.54) is 23.5 Å². The molecule has 1 N–H and O–H groups in total. The summed E-state index contributed by atoms with van der Waals surface area (Å²) in [6.07, 6.45) is 3.64. The molecule has 34 heavy (non-hydrogen) atoms. The highest BCUT2D eigenvalue weighted by Crippen LogP contribution is 2.27. The second kappa shape index (κ2) is 12.7. The zero-order valence-electron chi connectivity index (χ0n) is 19.0. The number of aromatic nitrogens is 1. The van der Waals surface area contributed by atoms with Gasteiger partial charge < -0.3 is 10.1 Å². The van der Waals surface area contributed by atoms with Crippen LogP contribution in [0.2, 0.25) is 0 Å². The number of pyridine rings is 1. The van der Waals surface area contributed by atoms with Crippen LogP contribution in [0.15, 0.2) is 87.7 Å². The maximum atomic E-state index is 13.5. The minimum Gasteiger partial charge on any atom is -0.494 e. The SMILES string of the molecule is CCOc1ccc(N(CC(=O)NCCSc2ccccn2)S(=O)(=O)c2ccc(SC)cc2)cc1. The first-order valence-corrected chi connectivity index (χ1v) is 14.3. The van der Waals surface area contributed by atoms with Crippen LogP contribution in [0.5, 0.6) is 5.75 Å². The Hall–Kier alpha value is -2.69. The monoisotopic (exact) mass is 517 g/mol. The van der Waals surface area contributed by atoms with E-state index in [-0.39, 0.29) is 17.3 Å². The molecule has 0 fully saturated rings. The van der Waals surface area contributed by atoms with Crippen LogP contribution in [0.4, 0.5) is 5.69 Å². The molecule has 1 heterocycles. The quantitative estimate of drug-likeness (QED) is 0.283. The summed E-state index contributed by atoms with van der Waals surface area (Å²) in [6.45, 7) is 2.43. The van der Waals surface area contributed by atoms with E-state index in [2.05, 4.69) is 10.3 Å². The fourth-order valence-corrected chi connectivity index (χ4v) is 5.58. The molecule has 3 rings (SSSR count). The summed E-state index contributed by atoms with van der Waals surface area (Å²) in [5.41, 5.74) is 0.385. The van der Waals surface area contributed by atoms with Crippen molar-refractivity contribution >= 4 is 45.1 Å². The summed E-state index contributed by atoms with van der Waals surface area (Å²) in [5, 5.41) is 3.67. The number of amides is 1. The predicted octanol–water partition coefficient (Wildman–Crippen LogP) is 4.31. The minimum absolute atomic E-state index is 0.123. The molecule has 0 saturated heterocycles. The molecule has 180 valence electrons. The smallest absolute Gasteiger partial charge is 0.264 e. The first kappa shape index (κ1) is 25.9.